The zero-order valence-corrected chi connectivity index (χ0v) is 13.0. The lowest BCUT2D eigenvalue weighted by molar-refractivity contribution is -0.0461. The quantitative estimate of drug-likeness (QED) is 0.730. The van der Waals surface area contributed by atoms with Gasteiger partial charge in [0.1, 0.15) is 12.3 Å². The standard InChI is InChI=1S/C16H16FN3O5/c17-10-7-20(13-6-11(22)12(8-21)25-13)16(24)19-14(10)18-15(23)9-4-2-1-3-5-9/h1-5,7,11-13,21-22H,6,8H2,(H,18,19,23,24)/t11-,12+,13+/m0/s1. The van der Waals surface area contributed by atoms with Gasteiger partial charge in [-0.3, -0.25) is 9.36 Å². The van der Waals surface area contributed by atoms with E-state index in [2.05, 4.69) is 10.3 Å². The minimum atomic E-state index is -0.970. The van der Waals surface area contributed by atoms with Gasteiger partial charge in [0.2, 0.25) is 0 Å². The zero-order valence-electron chi connectivity index (χ0n) is 13.0. The van der Waals surface area contributed by atoms with Crippen LogP contribution in [0.4, 0.5) is 10.2 Å². The Hall–Kier alpha value is -2.62. The molecule has 0 unspecified atom stereocenters. The van der Waals surface area contributed by atoms with Crippen LogP contribution in [0.1, 0.15) is 23.0 Å². The molecule has 132 valence electrons. The van der Waals surface area contributed by atoms with Crippen molar-refractivity contribution < 1.29 is 24.1 Å². The molecule has 3 atom stereocenters. The predicted molar refractivity (Wildman–Crippen MR) is 84.5 cm³/mol. The third-order valence-electron chi connectivity index (χ3n) is 3.87. The van der Waals surface area contributed by atoms with E-state index in [-0.39, 0.29) is 6.42 Å². The van der Waals surface area contributed by atoms with Gasteiger partial charge in [0.15, 0.2) is 11.6 Å². The molecule has 2 aromatic rings. The third-order valence-corrected chi connectivity index (χ3v) is 3.87. The Balaban J connectivity index is 1.81. The molecule has 1 fully saturated rings. The average molecular weight is 349 g/mol. The van der Waals surface area contributed by atoms with Crippen molar-refractivity contribution >= 4 is 11.7 Å². The van der Waals surface area contributed by atoms with E-state index in [1.54, 1.807) is 18.2 Å². The fourth-order valence-electron chi connectivity index (χ4n) is 2.56. The van der Waals surface area contributed by atoms with Gasteiger partial charge in [-0.1, -0.05) is 18.2 Å². The number of aliphatic hydroxyl groups excluding tert-OH is 2. The summed E-state index contributed by atoms with van der Waals surface area (Å²) in [6.45, 7) is -0.423. The molecule has 2 heterocycles. The Morgan fingerprint density at radius 1 is 1.40 bits per heavy atom. The van der Waals surface area contributed by atoms with E-state index in [1.807, 2.05) is 0 Å². The minimum absolute atomic E-state index is 0.0158. The highest BCUT2D eigenvalue weighted by molar-refractivity contribution is 6.03. The molecule has 1 aliphatic heterocycles. The van der Waals surface area contributed by atoms with E-state index >= 15 is 0 Å². The van der Waals surface area contributed by atoms with Gasteiger partial charge in [0.25, 0.3) is 5.91 Å². The molecular weight excluding hydrogens is 333 g/mol. The van der Waals surface area contributed by atoms with Crippen LogP contribution in [-0.2, 0) is 4.74 Å². The van der Waals surface area contributed by atoms with Crippen LogP contribution < -0.4 is 11.0 Å². The van der Waals surface area contributed by atoms with E-state index in [0.29, 0.717) is 5.56 Å². The maximum absolute atomic E-state index is 14.2. The molecule has 25 heavy (non-hydrogen) atoms. The maximum atomic E-state index is 14.2. The Bertz CT molecular complexity index is 826. The van der Waals surface area contributed by atoms with Gasteiger partial charge < -0.3 is 20.3 Å². The number of aromatic nitrogens is 2. The smallest absolute Gasteiger partial charge is 0.351 e. The third kappa shape index (κ3) is 3.58. The van der Waals surface area contributed by atoms with E-state index in [1.165, 1.54) is 12.1 Å². The van der Waals surface area contributed by atoms with E-state index in [0.717, 1.165) is 10.8 Å². The van der Waals surface area contributed by atoms with Gasteiger partial charge >= 0.3 is 5.69 Å². The van der Waals surface area contributed by atoms with Crippen molar-refractivity contribution in [2.75, 3.05) is 11.9 Å². The molecule has 0 aliphatic carbocycles. The van der Waals surface area contributed by atoms with Crippen LogP contribution >= 0.6 is 0 Å². The van der Waals surface area contributed by atoms with Crippen molar-refractivity contribution in [1.29, 1.82) is 0 Å². The van der Waals surface area contributed by atoms with Gasteiger partial charge in [0.05, 0.1) is 18.9 Å². The second-order valence-electron chi connectivity index (χ2n) is 5.56. The molecule has 9 heteroatoms. The van der Waals surface area contributed by atoms with Crippen LogP contribution in [0.2, 0.25) is 0 Å². The number of halogens is 1. The number of carbonyl (C=O) groups is 1. The molecule has 0 saturated carbocycles. The van der Waals surface area contributed by atoms with E-state index in [4.69, 9.17) is 9.84 Å². The first-order chi connectivity index (χ1) is 12.0. The molecule has 3 N–H and O–H groups in total. The van der Waals surface area contributed by atoms with Gasteiger partial charge in [-0.15, -0.1) is 0 Å². The lowest BCUT2D eigenvalue weighted by atomic mass is 10.2. The summed E-state index contributed by atoms with van der Waals surface area (Å²) in [7, 11) is 0. The number of amides is 1. The summed E-state index contributed by atoms with van der Waals surface area (Å²) < 4.78 is 20.4. The first-order valence-electron chi connectivity index (χ1n) is 7.59. The number of rotatable bonds is 4. The number of ether oxygens (including phenoxy) is 1. The molecule has 8 nitrogen and oxygen atoms in total. The maximum Gasteiger partial charge on any atom is 0.351 e. The van der Waals surface area contributed by atoms with Crippen molar-refractivity contribution in [3.8, 4) is 0 Å². The number of hydrogen-bond acceptors (Lipinski definition) is 6. The molecule has 1 aliphatic rings. The lowest BCUT2D eigenvalue weighted by Gasteiger charge is -2.15. The minimum Gasteiger partial charge on any atom is -0.394 e. The molecule has 1 saturated heterocycles. The SMILES string of the molecule is O=C(Nc1nc(=O)n([C@H]2C[C@H](O)[C@@H](CO)O2)cc1F)c1ccccc1. The second kappa shape index (κ2) is 7.09. The molecule has 1 aromatic heterocycles. The molecular formula is C16H16FN3O5. The lowest BCUT2D eigenvalue weighted by Crippen LogP contribution is -2.30. The van der Waals surface area contributed by atoms with Crippen molar-refractivity contribution in [3.05, 3.63) is 58.4 Å². The van der Waals surface area contributed by atoms with Crippen molar-refractivity contribution in [3.63, 3.8) is 0 Å². The fraction of sp³-hybridized carbons (Fsp3) is 0.312. The van der Waals surface area contributed by atoms with Crippen LogP contribution in [0.15, 0.2) is 41.3 Å². The van der Waals surface area contributed by atoms with E-state index < -0.39 is 48.3 Å². The zero-order chi connectivity index (χ0) is 18.0. The fourth-order valence-corrected chi connectivity index (χ4v) is 2.56. The molecule has 0 radical (unpaired) electrons. The highest BCUT2D eigenvalue weighted by Crippen LogP contribution is 2.27. The summed E-state index contributed by atoms with van der Waals surface area (Å²) >= 11 is 0. The number of carbonyl (C=O) groups excluding carboxylic acids is 1. The molecule has 3 rings (SSSR count). The number of nitrogens with zero attached hydrogens (tertiary/aromatic N) is 2. The summed E-state index contributed by atoms with van der Waals surface area (Å²) in [4.78, 5) is 27.7. The summed E-state index contributed by atoms with van der Waals surface area (Å²) in [5.74, 6) is -2.01. The summed E-state index contributed by atoms with van der Waals surface area (Å²) in [5.41, 5.74) is -0.554. The molecule has 1 aromatic carbocycles. The topological polar surface area (TPSA) is 114 Å². The van der Waals surface area contributed by atoms with Crippen molar-refractivity contribution in [2.24, 2.45) is 0 Å². The average Bonchev–Trinajstić information content (AvgIpc) is 2.99. The number of nitrogens with one attached hydrogen (secondary N) is 1. The van der Waals surface area contributed by atoms with Crippen LogP contribution in [-0.4, -0.2) is 44.5 Å². The number of hydrogen-bond donors (Lipinski definition) is 3. The Kier molecular flexibility index (Phi) is 4.88. The normalized spacial score (nSPS) is 22.8. The van der Waals surface area contributed by atoms with Crippen LogP contribution in [0.5, 0.6) is 0 Å². The Labute approximate surface area is 141 Å². The highest BCUT2D eigenvalue weighted by atomic mass is 19.1. The van der Waals surface area contributed by atoms with Gasteiger partial charge in [0, 0.05) is 12.0 Å². The predicted octanol–water partition coefficient (Wildman–Crippen LogP) is 0.275. The van der Waals surface area contributed by atoms with Crippen LogP contribution in [0, 0.1) is 5.82 Å². The van der Waals surface area contributed by atoms with Crippen molar-refractivity contribution in [1.82, 2.24) is 9.55 Å². The molecule has 1 amide bonds. The summed E-state index contributed by atoms with van der Waals surface area (Å²) in [5, 5.41) is 21.0. The van der Waals surface area contributed by atoms with E-state index in [9.17, 15) is 19.1 Å². The number of benzene rings is 1. The Morgan fingerprint density at radius 3 is 2.76 bits per heavy atom. The van der Waals surface area contributed by atoms with Gasteiger partial charge in [-0.05, 0) is 12.1 Å². The summed E-state index contributed by atoms with van der Waals surface area (Å²) in [6, 6.07) is 8.11. The molecule has 0 spiro atoms. The summed E-state index contributed by atoms with van der Waals surface area (Å²) in [6.07, 6.45) is -1.89. The van der Waals surface area contributed by atoms with Crippen molar-refractivity contribution in [2.45, 2.75) is 24.9 Å². The number of aliphatic hydroxyl groups is 2. The molecule has 0 bridgehead atoms. The monoisotopic (exact) mass is 349 g/mol. The largest absolute Gasteiger partial charge is 0.394 e. The van der Waals surface area contributed by atoms with Crippen LogP contribution in [0.25, 0.3) is 0 Å². The second-order valence-corrected chi connectivity index (χ2v) is 5.56. The van der Waals surface area contributed by atoms with Gasteiger partial charge in [-0.2, -0.15) is 4.98 Å². The number of anilines is 1. The highest BCUT2D eigenvalue weighted by Gasteiger charge is 2.35. The van der Waals surface area contributed by atoms with Crippen LogP contribution in [0.3, 0.4) is 0 Å². The first kappa shape index (κ1) is 17.2. The first-order valence-corrected chi connectivity index (χ1v) is 7.59. The van der Waals surface area contributed by atoms with Gasteiger partial charge in [-0.25, -0.2) is 9.18 Å². The Morgan fingerprint density at radius 2 is 2.12 bits per heavy atom.